The smallest absolute Gasteiger partial charge is 0.279 e. The molecule has 0 aromatic heterocycles. The molecule has 0 aliphatic carbocycles. The fourth-order valence-electron chi connectivity index (χ4n) is 1.71. The Morgan fingerprint density at radius 2 is 2.00 bits per heavy atom. The maximum Gasteiger partial charge on any atom is 0.279 e. The Hall–Kier alpha value is -0.210. The zero-order valence-electron chi connectivity index (χ0n) is 10.6. The van der Waals surface area contributed by atoms with Crippen LogP contribution in [0, 0.1) is 0 Å². The lowest BCUT2D eigenvalue weighted by atomic mass is 10.1. The van der Waals surface area contributed by atoms with Gasteiger partial charge < -0.3 is 10.1 Å². The molecule has 1 heterocycles. The van der Waals surface area contributed by atoms with Crippen molar-refractivity contribution in [2.75, 3.05) is 40.4 Å². The Morgan fingerprint density at radius 1 is 1.35 bits per heavy atom. The fourth-order valence-corrected chi connectivity index (χ4v) is 2.92. The highest BCUT2D eigenvalue weighted by Crippen LogP contribution is 2.08. The lowest BCUT2D eigenvalue weighted by Crippen LogP contribution is -2.46. The van der Waals surface area contributed by atoms with Crippen LogP contribution in [0.25, 0.3) is 0 Å². The van der Waals surface area contributed by atoms with Crippen molar-refractivity contribution < 1.29 is 13.2 Å². The molecule has 0 spiro atoms. The quantitative estimate of drug-likeness (QED) is 0.611. The van der Waals surface area contributed by atoms with Gasteiger partial charge in [0.1, 0.15) is 0 Å². The fraction of sp³-hybridized carbons (Fsp3) is 1.00. The SMILES string of the molecule is CNCCCN(C)S(=O)(=O)NC1CCOCC1. The van der Waals surface area contributed by atoms with Crippen molar-refractivity contribution in [1.82, 2.24) is 14.3 Å². The zero-order valence-corrected chi connectivity index (χ0v) is 11.4. The van der Waals surface area contributed by atoms with Gasteiger partial charge in [0.2, 0.25) is 0 Å². The standard InChI is InChI=1S/C10H23N3O3S/c1-11-6-3-7-13(2)17(14,15)12-10-4-8-16-9-5-10/h10-12H,3-9H2,1-2H3. The lowest BCUT2D eigenvalue weighted by Gasteiger charge is -2.26. The molecule has 0 radical (unpaired) electrons. The minimum Gasteiger partial charge on any atom is -0.381 e. The summed E-state index contributed by atoms with van der Waals surface area (Å²) in [6, 6.07) is 0.0144. The molecule has 0 bridgehead atoms. The van der Waals surface area contributed by atoms with Gasteiger partial charge in [0, 0.05) is 32.8 Å². The highest BCUT2D eigenvalue weighted by Gasteiger charge is 2.23. The number of rotatable bonds is 7. The van der Waals surface area contributed by atoms with Crippen molar-refractivity contribution in [3.05, 3.63) is 0 Å². The predicted octanol–water partition coefficient (Wildman–Crippen LogP) is -0.459. The molecule has 1 fully saturated rings. The van der Waals surface area contributed by atoms with Gasteiger partial charge in [-0.3, -0.25) is 0 Å². The summed E-state index contributed by atoms with van der Waals surface area (Å²) >= 11 is 0. The Labute approximate surface area is 104 Å². The molecule has 1 aliphatic rings. The first kappa shape index (κ1) is 14.8. The molecule has 0 aromatic carbocycles. The van der Waals surface area contributed by atoms with Crippen LogP contribution in [0.3, 0.4) is 0 Å². The van der Waals surface area contributed by atoms with E-state index >= 15 is 0 Å². The molecule has 17 heavy (non-hydrogen) atoms. The molecule has 2 N–H and O–H groups in total. The number of nitrogens with zero attached hydrogens (tertiary/aromatic N) is 1. The Bertz CT molecular complexity index is 302. The van der Waals surface area contributed by atoms with Gasteiger partial charge in [-0.15, -0.1) is 0 Å². The summed E-state index contributed by atoms with van der Waals surface area (Å²) in [4.78, 5) is 0. The minimum atomic E-state index is -3.34. The van der Waals surface area contributed by atoms with Crippen LogP contribution in [0.1, 0.15) is 19.3 Å². The number of hydrogen-bond acceptors (Lipinski definition) is 4. The molecule has 6 nitrogen and oxygen atoms in total. The van der Waals surface area contributed by atoms with Gasteiger partial charge in [-0.1, -0.05) is 0 Å². The van der Waals surface area contributed by atoms with E-state index in [1.54, 1.807) is 7.05 Å². The van der Waals surface area contributed by atoms with Gasteiger partial charge in [0.25, 0.3) is 10.2 Å². The molecule has 0 saturated carbocycles. The van der Waals surface area contributed by atoms with Crippen LogP contribution >= 0.6 is 0 Å². The maximum atomic E-state index is 11.9. The van der Waals surface area contributed by atoms with Gasteiger partial charge in [-0.25, -0.2) is 0 Å². The summed E-state index contributed by atoms with van der Waals surface area (Å²) in [6.07, 6.45) is 2.31. The third kappa shape index (κ3) is 5.31. The Balaban J connectivity index is 2.37. The molecule has 1 saturated heterocycles. The van der Waals surface area contributed by atoms with Crippen molar-refractivity contribution in [2.45, 2.75) is 25.3 Å². The molecule has 0 atom stereocenters. The van der Waals surface area contributed by atoms with E-state index in [-0.39, 0.29) is 6.04 Å². The summed E-state index contributed by atoms with van der Waals surface area (Å²) in [7, 11) is 0.124. The van der Waals surface area contributed by atoms with Gasteiger partial charge in [0.05, 0.1) is 0 Å². The van der Waals surface area contributed by atoms with Crippen LogP contribution in [0.2, 0.25) is 0 Å². The number of nitrogens with one attached hydrogen (secondary N) is 2. The highest BCUT2D eigenvalue weighted by atomic mass is 32.2. The van der Waals surface area contributed by atoms with E-state index in [1.165, 1.54) is 4.31 Å². The summed E-state index contributed by atoms with van der Waals surface area (Å²) in [6.45, 7) is 2.61. The summed E-state index contributed by atoms with van der Waals surface area (Å²) in [5, 5.41) is 3.00. The largest absolute Gasteiger partial charge is 0.381 e. The molecule has 1 aliphatic heterocycles. The molecule has 0 unspecified atom stereocenters. The van der Waals surface area contributed by atoms with E-state index in [4.69, 9.17) is 4.74 Å². The first-order valence-electron chi connectivity index (χ1n) is 6.02. The van der Waals surface area contributed by atoms with Crippen molar-refractivity contribution in [3.8, 4) is 0 Å². The number of hydrogen-bond donors (Lipinski definition) is 2. The van der Waals surface area contributed by atoms with Crippen LogP contribution in [-0.2, 0) is 14.9 Å². The van der Waals surface area contributed by atoms with Gasteiger partial charge in [-0.05, 0) is 32.9 Å². The van der Waals surface area contributed by atoms with E-state index in [9.17, 15) is 8.42 Å². The predicted molar refractivity (Wildman–Crippen MR) is 67.1 cm³/mol. The normalized spacial score (nSPS) is 18.8. The monoisotopic (exact) mass is 265 g/mol. The van der Waals surface area contributed by atoms with E-state index in [0.29, 0.717) is 19.8 Å². The average molecular weight is 265 g/mol. The maximum absolute atomic E-state index is 11.9. The van der Waals surface area contributed by atoms with Crippen LogP contribution < -0.4 is 10.0 Å². The van der Waals surface area contributed by atoms with Gasteiger partial charge >= 0.3 is 0 Å². The second-order valence-electron chi connectivity index (χ2n) is 4.29. The van der Waals surface area contributed by atoms with Crippen molar-refractivity contribution in [3.63, 3.8) is 0 Å². The summed E-state index contributed by atoms with van der Waals surface area (Å²) in [5.41, 5.74) is 0. The molecule has 7 heteroatoms. The Morgan fingerprint density at radius 3 is 2.59 bits per heavy atom. The van der Waals surface area contributed by atoms with Gasteiger partial charge in [0.15, 0.2) is 0 Å². The van der Waals surface area contributed by atoms with Crippen molar-refractivity contribution in [2.24, 2.45) is 0 Å². The third-order valence-electron chi connectivity index (χ3n) is 2.85. The molecule has 102 valence electrons. The molecule has 1 rings (SSSR count). The summed E-state index contributed by atoms with van der Waals surface area (Å²) in [5.74, 6) is 0. The third-order valence-corrected chi connectivity index (χ3v) is 4.48. The van der Waals surface area contributed by atoms with Crippen LogP contribution in [0.15, 0.2) is 0 Å². The van der Waals surface area contributed by atoms with E-state index < -0.39 is 10.2 Å². The van der Waals surface area contributed by atoms with Crippen LogP contribution in [0.4, 0.5) is 0 Å². The summed E-state index contributed by atoms with van der Waals surface area (Å²) < 4.78 is 33.2. The second kappa shape index (κ2) is 7.27. The second-order valence-corrected chi connectivity index (χ2v) is 6.10. The van der Waals surface area contributed by atoms with E-state index in [0.717, 1.165) is 25.8 Å². The van der Waals surface area contributed by atoms with Crippen LogP contribution in [-0.4, -0.2) is 59.2 Å². The topological polar surface area (TPSA) is 70.7 Å². The van der Waals surface area contributed by atoms with Crippen molar-refractivity contribution >= 4 is 10.2 Å². The van der Waals surface area contributed by atoms with Crippen molar-refractivity contribution in [1.29, 1.82) is 0 Å². The highest BCUT2D eigenvalue weighted by molar-refractivity contribution is 7.87. The lowest BCUT2D eigenvalue weighted by molar-refractivity contribution is 0.0828. The first-order valence-corrected chi connectivity index (χ1v) is 7.46. The minimum absolute atomic E-state index is 0.0144. The van der Waals surface area contributed by atoms with E-state index in [1.807, 2.05) is 7.05 Å². The Kier molecular flexibility index (Phi) is 6.35. The first-order chi connectivity index (χ1) is 8.06. The number of ether oxygens (including phenoxy) is 1. The zero-order chi connectivity index (χ0) is 12.7. The van der Waals surface area contributed by atoms with Crippen LogP contribution in [0.5, 0.6) is 0 Å². The molecular weight excluding hydrogens is 242 g/mol. The van der Waals surface area contributed by atoms with Gasteiger partial charge in [-0.2, -0.15) is 17.4 Å². The molecule has 0 amide bonds. The molecular formula is C10H23N3O3S. The van der Waals surface area contributed by atoms with E-state index in [2.05, 4.69) is 10.0 Å². The average Bonchev–Trinajstić information content (AvgIpc) is 2.30. The molecule has 0 aromatic rings.